The molecule has 1 aromatic carbocycles. The highest BCUT2D eigenvalue weighted by Gasteiger charge is 2.33. The quantitative estimate of drug-likeness (QED) is 0.800. The number of likely N-dealkylation sites (tertiary alicyclic amines) is 1. The molecule has 2 aromatic rings. The molecule has 1 aromatic heterocycles. The first-order valence-electron chi connectivity index (χ1n) is 9.15. The van der Waals surface area contributed by atoms with Crippen LogP contribution in [0.2, 0.25) is 0 Å². The summed E-state index contributed by atoms with van der Waals surface area (Å²) in [6.07, 6.45) is 6.21. The molecule has 2 N–H and O–H groups in total. The maximum Gasteiger partial charge on any atom is 0.257 e. The Morgan fingerprint density at radius 3 is 2.59 bits per heavy atom. The summed E-state index contributed by atoms with van der Waals surface area (Å²) in [5, 5.41) is 0. The molecule has 0 unspecified atom stereocenters. The molecule has 0 spiro atoms. The first kappa shape index (κ1) is 19.3. The predicted molar refractivity (Wildman–Crippen MR) is 106 cm³/mol. The third-order valence-electron chi connectivity index (χ3n) is 5.45. The summed E-state index contributed by atoms with van der Waals surface area (Å²) in [5.74, 6) is 0.0866. The summed E-state index contributed by atoms with van der Waals surface area (Å²) >= 11 is 0. The molecule has 2 aliphatic rings. The van der Waals surface area contributed by atoms with E-state index in [0.717, 1.165) is 36.3 Å². The van der Waals surface area contributed by atoms with E-state index in [9.17, 15) is 9.59 Å². The average molecular weight is 390 g/mol. The van der Waals surface area contributed by atoms with Crippen molar-refractivity contribution in [2.45, 2.75) is 25.7 Å². The van der Waals surface area contributed by atoms with Gasteiger partial charge in [-0.2, -0.15) is 0 Å². The number of benzene rings is 1. The first-order chi connectivity index (χ1) is 12.6. The van der Waals surface area contributed by atoms with Crippen LogP contribution >= 0.6 is 12.4 Å². The maximum absolute atomic E-state index is 13.1. The molecule has 27 heavy (non-hydrogen) atoms. The number of anilines is 2. The topological polar surface area (TPSA) is 79.8 Å². The Kier molecular flexibility index (Phi) is 5.75. The highest BCUT2D eigenvalue weighted by molar-refractivity contribution is 5.97. The zero-order chi connectivity index (χ0) is 18.1. The lowest BCUT2D eigenvalue weighted by Gasteiger charge is -2.36. The van der Waals surface area contributed by atoms with E-state index in [0.29, 0.717) is 31.5 Å². The molecule has 0 saturated carbocycles. The minimum absolute atomic E-state index is 0. The summed E-state index contributed by atoms with van der Waals surface area (Å²) in [7, 11) is 0. The second-order valence-corrected chi connectivity index (χ2v) is 7.02. The lowest BCUT2D eigenvalue weighted by Crippen LogP contribution is -2.45. The standard InChI is InChI=1S/C20H23N3O3.ClH/c21-17-4-1-5-18-16(17)3-2-9-23(18)20(25)14-6-10-22(11-7-14)19(24)15-8-12-26-13-15;/h1,4-5,8,12-14H,2-3,6-7,9-11,21H2;1H. The molecule has 0 radical (unpaired) electrons. The highest BCUT2D eigenvalue weighted by Crippen LogP contribution is 2.33. The number of carbonyl (C=O) groups is 2. The third-order valence-corrected chi connectivity index (χ3v) is 5.45. The Morgan fingerprint density at radius 1 is 1.11 bits per heavy atom. The maximum atomic E-state index is 13.1. The number of carbonyl (C=O) groups excluding carboxylic acids is 2. The van der Waals surface area contributed by atoms with Crippen LogP contribution in [0.3, 0.4) is 0 Å². The van der Waals surface area contributed by atoms with Gasteiger partial charge in [-0.25, -0.2) is 0 Å². The van der Waals surface area contributed by atoms with Crippen LogP contribution in [-0.2, 0) is 11.2 Å². The largest absolute Gasteiger partial charge is 0.472 e. The van der Waals surface area contributed by atoms with E-state index in [4.69, 9.17) is 10.2 Å². The van der Waals surface area contributed by atoms with Gasteiger partial charge in [-0.1, -0.05) is 6.07 Å². The molecule has 144 valence electrons. The van der Waals surface area contributed by atoms with Gasteiger partial charge in [0.2, 0.25) is 5.91 Å². The number of amides is 2. The smallest absolute Gasteiger partial charge is 0.257 e. The number of hydrogen-bond donors (Lipinski definition) is 1. The summed E-state index contributed by atoms with van der Waals surface area (Å²) in [6.45, 7) is 1.93. The van der Waals surface area contributed by atoms with E-state index in [1.807, 2.05) is 23.1 Å². The number of nitrogens with zero attached hydrogens (tertiary/aromatic N) is 2. The molecule has 0 bridgehead atoms. The minimum atomic E-state index is -0.0456. The van der Waals surface area contributed by atoms with Crippen molar-refractivity contribution in [3.63, 3.8) is 0 Å². The Hall–Kier alpha value is -2.47. The number of fused-ring (bicyclic) bond motifs is 1. The van der Waals surface area contributed by atoms with Crippen LogP contribution in [0.4, 0.5) is 11.4 Å². The zero-order valence-corrected chi connectivity index (χ0v) is 15.9. The van der Waals surface area contributed by atoms with Gasteiger partial charge in [0.05, 0.1) is 11.8 Å². The Balaban J connectivity index is 0.00000210. The van der Waals surface area contributed by atoms with Gasteiger partial charge in [0.1, 0.15) is 6.26 Å². The van der Waals surface area contributed by atoms with Gasteiger partial charge >= 0.3 is 0 Å². The minimum Gasteiger partial charge on any atom is -0.472 e. The molecule has 1 fully saturated rings. The van der Waals surface area contributed by atoms with Gasteiger partial charge < -0.3 is 20.0 Å². The predicted octanol–water partition coefficient (Wildman–Crippen LogP) is 3.12. The Morgan fingerprint density at radius 2 is 1.89 bits per heavy atom. The Labute approximate surface area is 164 Å². The van der Waals surface area contributed by atoms with E-state index in [1.54, 1.807) is 11.0 Å². The number of halogens is 1. The van der Waals surface area contributed by atoms with Crippen LogP contribution < -0.4 is 10.6 Å². The molecule has 1 saturated heterocycles. The number of furan rings is 1. The molecule has 0 atom stereocenters. The van der Waals surface area contributed by atoms with Crippen LogP contribution in [0.25, 0.3) is 0 Å². The van der Waals surface area contributed by atoms with Gasteiger partial charge in [-0.15, -0.1) is 12.4 Å². The molecule has 2 aliphatic heterocycles. The molecule has 6 nitrogen and oxygen atoms in total. The van der Waals surface area contributed by atoms with Gasteiger partial charge in [0.15, 0.2) is 0 Å². The van der Waals surface area contributed by atoms with Crippen molar-refractivity contribution in [3.8, 4) is 0 Å². The van der Waals surface area contributed by atoms with Crippen molar-refractivity contribution < 1.29 is 14.0 Å². The molecule has 2 amide bonds. The third kappa shape index (κ3) is 3.67. The van der Waals surface area contributed by atoms with Crippen molar-refractivity contribution >= 4 is 35.6 Å². The summed E-state index contributed by atoms with van der Waals surface area (Å²) in [6, 6.07) is 7.47. The average Bonchev–Trinajstić information content (AvgIpc) is 3.22. The Bertz CT molecular complexity index is 814. The first-order valence-corrected chi connectivity index (χ1v) is 9.15. The summed E-state index contributed by atoms with van der Waals surface area (Å²) < 4.78 is 4.99. The molecule has 7 heteroatoms. The van der Waals surface area contributed by atoms with Crippen molar-refractivity contribution in [1.29, 1.82) is 0 Å². The van der Waals surface area contributed by atoms with Crippen LogP contribution in [0, 0.1) is 5.92 Å². The van der Waals surface area contributed by atoms with Gasteiger partial charge in [-0.3, -0.25) is 9.59 Å². The number of hydrogen-bond acceptors (Lipinski definition) is 4. The van der Waals surface area contributed by atoms with E-state index in [1.165, 1.54) is 12.5 Å². The monoisotopic (exact) mass is 389 g/mol. The fourth-order valence-corrected chi connectivity index (χ4v) is 4.00. The van der Waals surface area contributed by atoms with Crippen molar-refractivity contribution in [2.75, 3.05) is 30.3 Å². The zero-order valence-electron chi connectivity index (χ0n) is 15.1. The van der Waals surface area contributed by atoms with Crippen LogP contribution in [0.15, 0.2) is 41.2 Å². The fourth-order valence-electron chi connectivity index (χ4n) is 4.00. The van der Waals surface area contributed by atoms with Crippen LogP contribution in [0.1, 0.15) is 35.2 Å². The number of nitrogens with two attached hydrogens (primary N) is 1. The molecule has 0 aliphatic carbocycles. The SMILES string of the molecule is Cl.Nc1cccc2c1CCCN2C(=O)C1CCN(C(=O)c2ccoc2)CC1. The molecule has 3 heterocycles. The normalized spacial score (nSPS) is 17.2. The lowest BCUT2D eigenvalue weighted by molar-refractivity contribution is -0.123. The van der Waals surface area contributed by atoms with E-state index >= 15 is 0 Å². The van der Waals surface area contributed by atoms with E-state index in [2.05, 4.69) is 0 Å². The van der Waals surface area contributed by atoms with Crippen molar-refractivity contribution in [2.24, 2.45) is 5.92 Å². The number of nitrogen functional groups attached to an aromatic ring is 1. The molecule has 4 rings (SSSR count). The van der Waals surface area contributed by atoms with Gasteiger partial charge in [-0.05, 0) is 49.4 Å². The second-order valence-electron chi connectivity index (χ2n) is 7.02. The van der Waals surface area contributed by atoms with Gasteiger partial charge in [0.25, 0.3) is 5.91 Å². The lowest BCUT2D eigenvalue weighted by atomic mass is 9.92. The summed E-state index contributed by atoms with van der Waals surface area (Å²) in [5.41, 5.74) is 9.46. The fraction of sp³-hybridized carbons (Fsp3) is 0.400. The molecular formula is C20H24ClN3O3. The summed E-state index contributed by atoms with van der Waals surface area (Å²) in [4.78, 5) is 29.2. The van der Waals surface area contributed by atoms with Crippen molar-refractivity contribution in [1.82, 2.24) is 4.90 Å². The molecular weight excluding hydrogens is 366 g/mol. The number of rotatable bonds is 2. The van der Waals surface area contributed by atoms with Crippen LogP contribution in [-0.4, -0.2) is 36.3 Å². The number of piperidine rings is 1. The van der Waals surface area contributed by atoms with E-state index in [-0.39, 0.29) is 30.1 Å². The second kappa shape index (κ2) is 8.05. The highest BCUT2D eigenvalue weighted by atomic mass is 35.5. The van der Waals surface area contributed by atoms with Gasteiger partial charge in [0, 0.05) is 36.9 Å². The van der Waals surface area contributed by atoms with E-state index < -0.39 is 0 Å². The van der Waals surface area contributed by atoms with Crippen LogP contribution in [0.5, 0.6) is 0 Å². The van der Waals surface area contributed by atoms with Crippen molar-refractivity contribution in [3.05, 3.63) is 47.9 Å².